The van der Waals surface area contributed by atoms with E-state index in [4.69, 9.17) is 13.9 Å². The first-order chi connectivity index (χ1) is 9.72. The Hall–Kier alpha value is -1.18. The van der Waals surface area contributed by atoms with Crippen LogP contribution in [0.15, 0.2) is 4.42 Å². The molecule has 2 N–H and O–H groups in total. The van der Waals surface area contributed by atoms with Crippen LogP contribution in [0.3, 0.4) is 0 Å². The van der Waals surface area contributed by atoms with Crippen LogP contribution in [-0.2, 0) is 16.0 Å². The molecule has 1 aromatic heterocycles. The summed E-state index contributed by atoms with van der Waals surface area (Å²) in [4.78, 5) is 0. The highest BCUT2D eigenvalue weighted by Crippen LogP contribution is 2.05. The number of unbranched alkanes of at least 4 members (excludes halogenated alkanes) is 1. The van der Waals surface area contributed by atoms with Crippen LogP contribution in [0, 0.1) is 0 Å². The van der Waals surface area contributed by atoms with E-state index in [-0.39, 0.29) is 0 Å². The van der Waals surface area contributed by atoms with Crippen LogP contribution in [0.2, 0.25) is 0 Å². The molecule has 0 aromatic carbocycles. The Morgan fingerprint density at radius 2 is 2.00 bits per heavy atom. The normalized spacial score (nSPS) is 11.2. The van der Waals surface area contributed by atoms with Gasteiger partial charge in [-0.2, -0.15) is 0 Å². The summed E-state index contributed by atoms with van der Waals surface area (Å²) < 4.78 is 15.8. The minimum Gasteiger partial charge on any atom is -0.407 e. The largest absolute Gasteiger partial charge is 0.407 e. The molecule has 0 bridgehead atoms. The van der Waals surface area contributed by atoms with Gasteiger partial charge in [-0.15, -0.1) is 5.10 Å². The van der Waals surface area contributed by atoms with Gasteiger partial charge in [-0.3, -0.25) is 0 Å². The third-order valence-corrected chi connectivity index (χ3v) is 2.52. The highest BCUT2D eigenvalue weighted by Gasteiger charge is 2.04. The Balaban J connectivity index is 2.05. The Morgan fingerprint density at radius 3 is 2.75 bits per heavy atom. The number of aromatic nitrogens is 2. The number of rotatable bonds is 12. The quantitative estimate of drug-likeness (QED) is 0.562. The zero-order chi connectivity index (χ0) is 14.6. The van der Waals surface area contributed by atoms with Gasteiger partial charge in [-0.25, -0.2) is 0 Å². The third kappa shape index (κ3) is 8.08. The molecule has 0 fully saturated rings. The van der Waals surface area contributed by atoms with Gasteiger partial charge in [-0.1, -0.05) is 5.10 Å². The van der Waals surface area contributed by atoms with Crippen molar-refractivity contribution in [1.29, 1.82) is 0 Å². The first-order valence-electron chi connectivity index (χ1n) is 7.10. The molecule has 7 heteroatoms. The molecule has 0 aliphatic heterocycles. The molecule has 7 nitrogen and oxygen atoms in total. The van der Waals surface area contributed by atoms with Crippen molar-refractivity contribution in [3.8, 4) is 0 Å². The van der Waals surface area contributed by atoms with Crippen LogP contribution in [0.5, 0.6) is 0 Å². The molecule has 0 aliphatic carbocycles. The van der Waals surface area contributed by atoms with Gasteiger partial charge in [-0.05, 0) is 26.7 Å². The van der Waals surface area contributed by atoms with Crippen molar-refractivity contribution in [2.75, 3.05) is 38.7 Å². The van der Waals surface area contributed by atoms with Gasteiger partial charge >= 0.3 is 6.01 Å². The molecule has 0 saturated carbocycles. The highest BCUT2D eigenvalue weighted by atomic mass is 16.5. The summed E-state index contributed by atoms with van der Waals surface area (Å²) in [5.41, 5.74) is 0. The topological polar surface area (TPSA) is 81.4 Å². The number of hydrogen-bond donors (Lipinski definition) is 2. The number of ether oxygens (including phenoxy) is 2. The minimum absolute atomic E-state index is 0.298. The summed E-state index contributed by atoms with van der Waals surface area (Å²) in [7, 11) is 1.67. The first-order valence-corrected chi connectivity index (χ1v) is 7.10. The van der Waals surface area contributed by atoms with Gasteiger partial charge in [0.15, 0.2) is 0 Å². The van der Waals surface area contributed by atoms with E-state index >= 15 is 0 Å². The first kappa shape index (κ1) is 16.9. The van der Waals surface area contributed by atoms with Gasteiger partial charge in [0, 0.05) is 26.8 Å². The van der Waals surface area contributed by atoms with Crippen molar-refractivity contribution in [2.45, 2.75) is 39.3 Å². The molecule has 20 heavy (non-hydrogen) atoms. The third-order valence-electron chi connectivity index (χ3n) is 2.52. The fourth-order valence-corrected chi connectivity index (χ4v) is 1.51. The molecule has 0 unspecified atom stereocenters. The summed E-state index contributed by atoms with van der Waals surface area (Å²) in [6, 6.07) is 0.471. The second-order valence-electron chi connectivity index (χ2n) is 4.72. The van der Waals surface area contributed by atoms with Crippen molar-refractivity contribution in [3.05, 3.63) is 5.89 Å². The van der Waals surface area contributed by atoms with Gasteiger partial charge in [0.05, 0.1) is 19.3 Å². The maximum atomic E-state index is 5.46. The maximum absolute atomic E-state index is 5.46. The molecular weight excluding hydrogens is 260 g/mol. The van der Waals surface area contributed by atoms with Crippen molar-refractivity contribution >= 4 is 6.01 Å². The molecule has 0 radical (unpaired) electrons. The molecule has 1 rings (SSSR count). The molecule has 0 atom stereocenters. The second-order valence-corrected chi connectivity index (χ2v) is 4.72. The number of methoxy groups -OCH3 is 1. The minimum atomic E-state index is 0.298. The Morgan fingerprint density at radius 1 is 1.15 bits per heavy atom. The van der Waals surface area contributed by atoms with Gasteiger partial charge in [0.2, 0.25) is 5.89 Å². The van der Waals surface area contributed by atoms with Gasteiger partial charge in [0.25, 0.3) is 0 Å². The average molecular weight is 286 g/mol. The zero-order valence-corrected chi connectivity index (χ0v) is 12.6. The van der Waals surface area contributed by atoms with Crippen molar-refractivity contribution < 1.29 is 13.9 Å². The smallest absolute Gasteiger partial charge is 0.315 e. The fraction of sp³-hybridized carbons (Fsp3) is 0.846. The Labute approximate surface area is 120 Å². The van der Waals surface area contributed by atoms with E-state index in [1.54, 1.807) is 7.11 Å². The van der Waals surface area contributed by atoms with Crippen LogP contribution in [0.1, 0.15) is 32.6 Å². The molecule has 1 aromatic rings. The molecule has 0 aliphatic rings. The fourth-order valence-electron chi connectivity index (χ4n) is 1.51. The lowest BCUT2D eigenvalue weighted by atomic mass is 10.3. The monoisotopic (exact) mass is 286 g/mol. The molecule has 0 amide bonds. The molecule has 116 valence electrons. The van der Waals surface area contributed by atoms with Crippen LogP contribution in [0.25, 0.3) is 0 Å². The second kappa shape index (κ2) is 10.6. The number of anilines is 1. The molecule has 0 saturated heterocycles. The predicted molar refractivity (Wildman–Crippen MR) is 76.7 cm³/mol. The summed E-state index contributed by atoms with van der Waals surface area (Å²) in [6.45, 7) is 7.66. The summed E-state index contributed by atoms with van der Waals surface area (Å²) >= 11 is 0. The van der Waals surface area contributed by atoms with Crippen LogP contribution < -0.4 is 10.6 Å². The zero-order valence-electron chi connectivity index (χ0n) is 12.6. The Kier molecular flexibility index (Phi) is 8.93. The van der Waals surface area contributed by atoms with Gasteiger partial charge in [0.1, 0.15) is 0 Å². The maximum Gasteiger partial charge on any atom is 0.315 e. The standard InChI is InChI=1S/C13H26N4O3/c1-11(2)19-8-5-4-6-15-13-17-16-12(20-13)10-14-7-9-18-3/h11,14H,4-10H2,1-3H3,(H,15,17). The van der Waals surface area contributed by atoms with E-state index in [0.29, 0.717) is 31.2 Å². The number of hydrogen-bond acceptors (Lipinski definition) is 7. The van der Waals surface area contributed by atoms with Crippen LogP contribution in [0.4, 0.5) is 6.01 Å². The van der Waals surface area contributed by atoms with Crippen molar-refractivity contribution in [3.63, 3.8) is 0 Å². The summed E-state index contributed by atoms with van der Waals surface area (Å²) in [5.74, 6) is 0.576. The molecule has 0 spiro atoms. The van der Waals surface area contributed by atoms with E-state index in [1.807, 2.05) is 13.8 Å². The van der Waals surface area contributed by atoms with Crippen LogP contribution >= 0.6 is 0 Å². The number of nitrogens with one attached hydrogen (secondary N) is 2. The Bertz CT molecular complexity index is 344. The SMILES string of the molecule is COCCNCc1nnc(NCCCCOC(C)C)o1. The lowest BCUT2D eigenvalue weighted by Gasteiger charge is -2.06. The van der Waals surface area contributed by atoms with E-state index in [0.717, 1.165) is 32.5 Å². The molecule has 1 heterocycles. The van der Waals surface area contributed by atoms with E-state index in [2.05, 4.69) is 20.8 Å². The average Bonchev–Trinajstić information content (AvgIpc) is 2.86. The van der Waals surface area contributed by atoms with Crippen molar-refractivity contribution in [2.24, 2.45) is 0 Å². The van der Waals surface area contributed by atoms with E-state index in [9.17, 15) is 0 Å². The molecular formula is C13H26N4O3. The van der Waals surface area contributed by atoms with E-state index in [1.165, 1.54) is 0 Å². The highest BCUT2D eigenvalue weighted by molar-refractivity contribution is 5.16. The number of nitrogens with zero attached hydrogens (tertiary/aromatic N) is 2. The van der Waals surface area contributed by atoms with E-state index < -0.39 is 0 Å². The lowest BCUT2D eigenvalue weighted by Crippen LogP contribution is -2.18. The lowest BCUT2D eigenvalue weighted by molar-refractivity contribution is 0.0765. The van der Waals surface area contributed by atoms with Gasteiger partial charge < -0.3 is 24.5 Å². The van der Waals surface area contributed by atoms with Crippen LogP contribution in [-0.4, -0.2) is 49.7 Å². The predicted octanol–water partition coefficient (Wildman–Crippen LogP) is 1.42. The summed E-state index contributed by atoms with van der Waals surface area (Å²) in [6.07, 6.45) is 2.33. The van der Waals surface area contributed by atoms with Crippen molar-refractivity contribution in [1.82, 2.24) is 15.5 Å². The summed E-state index contributed by atoms with van der Waals surface area (Å²) in [5, 5.41) is 14.1.